The van der Waals surface area contributed by atoms with Crippen LogP contribution in [0.1, 0.15) is 5.56 Å². The molecule has 68 valence electrons. The Labute approximate surface area is 79.1 Å². The van der Waals surface area contributed by atoms with Crippen LogP contribution in [0, 0.1) is 17.1 Å². The highest BCUT2D eigenvalue weighted by Gasteiger charge is 2.04. The Morgan fingerprint density at radius 3 is 2.86 bits per heavy atom. The summed E-state index contributed by atoms with van der Waals surface area (Å²) in [6.45, 7) is 0. The smallest absolute Gasteiger partial charge is 0.166 e. The van der Waals surface area contributed by atoms with Crippen LogP contribution in [-0.4, -0.2) is 10.1 Å². The highest BCUT2D eigenvalue weighted by atomic mass is 19.1. The maximum Gasteiger partial charge on any atom is 0.166 e. The molecule has 0 amide bonds. The molecule has 0 atom stereocenters. The third-order valence-electron chi connectivity index (χ3n) is 1.88. The summed E-state index contributed by atoms with van der Waals surface area (Å²) in [5.41, 5.74) is 0.794. The molecule has 2 rings (SSSR count). The first-order valence-electron chi connectivity index (χ1n) is 3.89. The zero-order valence-corrected chi connectivity index (χ0v) is 7.03. The van der Waals surface area contributed by atoms with Gasteiger partial charge < -0.3 is 5.11 Å². The van der Waals surface area contributed by atoms with Crippen molar-refractivity contribution >= 4 is 10.9 Å². The van der Waals surface area contributed by atoms with Crippen molar-refractivity contribution in [3.05, 3.63) is 35.8 Å². The number of rotatable bonds is 0. The highest BCUT2D eigenvalue weighted by molar-refractivity contribution is 5.81. The number of hydrogen-bond donors (Lipinski definition) is 1. The lowest BCUT2D eigenvalue weighted by Gasteiger charge is -1.99. The number of hydrogen-bond acceptors (Lipinski definition) is 3. The predicted molar refractivity (Wildman–Crippen MR) is 48.1 cm³/mol. The summed E-state index contributed by atoms with van der Waals surface area (Å²) in [6.07, 6.45) is 1.36. The van der Waals surface area contributed by atoms with Crippen molar-refractivity contribution < 1.29 is 9.50 Å². The Morgan fingerprint density at radius 2 is 2.14 bits per heavy atom. The van der Waals surface area contributed by atoms with E-state index in [1.807, 2.05) is 6.07 Å². The quantitative estimate of drug-likeness (QED) is 0.687. The van der Waals surface area contributed by atoms with E-state index >= 15 is 0 Å². The molecule has 0 aliphatic heterocycles. The zero-order valence-electron chi connectivity index (χ0n) is 7.03. The fourth-order valence-corrected chi connectivity index (χ4v) is 1.20. The van der Waals surface area contributed by atoms with E-state index in [4.69, 9.17) is 10.4 Å². The maximum absolute atomic E-state index is 12.9. The Hall–Kier alpha value is -2.15. The first-order chi connectivity index (χ1) is 6.70. The van der Waals surface area contributed by atoms with Gasteiger partial charge in [-0.05, 0) is 12.1 Å². The molecule has 0 unspecified atom stereocenters. The molecule has 0 spiro atoms. The van der Waals surface area contributed by atoms with Crippen molar-refractivity contribution in [3.8, 4) is 11.8 Å². The summed E-state index contributed by atoms with van der Waals surface area (Å²) in [6, 6.07) is 5.84. The van der Waals surface area contributed by atoms with Gasteiger partial charge in [0.2, 0.25) is 0 Å². The number of aromatic hydroxyl groups is 1. The number of phenolic OH excluding ortho intramolecular Hbond substituents is 1. The van der Waals surface area contributed by atoms with Crippen LogP contribution in [0.3, 0.4) is 0 Å². The minimum atomic E-state index is -0.713. The summed E-state index contributed by atoms with van der Waals surface area (Å²) in [7, 11) is 0. The minimum absolute atomic E-state index is 0.378. The van der Waals surface area contributed by atoms with Gasteiger partial charge in [-0.3, -0.25) is 4.98 Å². The van der Waals surface area contributed by atoms with Gasteiger partial charge in [0.1, 0.15) is 6.07 Å². The van der Waals surface area contributed by atoms with E-state index in [1.165, 1.54) is 12.3 Å². The first kappa shape index (κ1) is 8.45. The summed E-state index contributed by atoms with van der Waals surface area (Å²) in [4.78, 5) is 3.88. The number of halogens is 1. The molecule has 0 bridgehead atoms. The van der Waals surface area contributed by atoms with E-state index in [0.717, 1.165) is 6.07 Å². The van der Waals surface area contributed by atoms with E-state index in [2.05, 4.69) is 4.98 Å². The molecule has 14 heavy (non-hydrogen) atoms. The summed E-state index contributed by atoms with van der Waals surface area (Å²) in [5.74, 6) is -1.15. The lowest BCUT2D eigenvalue weighted by atomic mass is 10.1. The second kappa shape index (κ2) is 2.96. The average Bonchev–Trinajstić information content (AvgIpc) is 2.19. The Balaban J connectivity index is 2.78. The molecular formula is C10H5FN2O. The van der Waals surface area contributed by atoms with Crippen molar-refractivity contribution in [2.45, 2.75) is 0 Å². The van der Waals surface area contributed by atoms with Gasteiger partial charge in [0.15, 0.2) is 11.6 Å². The maximum atomic E-state index is 12.9. The lowest BCUT2D eigenvalue weighted by Crippen LogP contribution is -1.84. The molecular weight excluding hydrogens is 183 g/mol. The molecule has 4 heteroatoms. The molecule has 3 nitrogen and oxygen atoms in total. The van der Waals surface area contributed by atoms with Crippen molar-refractivity contribution in [2.24, 2.45) is 0 Å². The number of aromatic nitrogens is 1. The number of nitriles is 1. The van der Waals surface area contributed by atoms with Gasteiger partial charge in [-0.1, -0.05) is 0 Å². The Kier molecular flexibility index (Phi) is 1.79. The van der Waals surface area contributed by atoms with E-state index in [-0.39, 0.29) is 0 Å². The van der Waals surface area contributed by atoms with Crippen molar-refractivity contribution in [2.75, 3.05) is 0 Å². The zero-order chi connectivity index (χ0) is 10.1. The molecule has 1 N–H and O–H groups in total. The molecule has 1 heterocycles. The van der Waals surface area contributed by atoms with Crippen LogP contribution in [0.25, 0.3) is 10.9 Å². The fraction of sp³-hybridized carbons (Fsp3) is 0. The van der Waals surface area contributed by atoms with Crippen molar-refractivity contribution in [3.63, 3.8) is 0 Å². The molecule has 2 aromatic rings. The standard InChI is InChI=1S/C10H5FN2O/c11-8-3-9-7(2-10(8)14)1-6(4-12)5-13-9/h1-3,5,14H. The van der Waals surface area contributed by atoms with Gasteiger partial charge in [0, 0.05) is 17.6 Å². The molecule has 0 aliphatic rings. The van der Waals surface area contributed by atoms with Crippen LogP contribution in [0.15, 0.2) is 24.4 Å². The van der Waals surface area contributed by atoms with Gasteiger partial charge in [0.25, 0.3) is 0 Å². The van der Waals surface area contributed by atoms with Gasteiger partial charge >= 0.3 is 0 Å². The fourth-order valence-electron chi connectivity index (χ4n) is 1.20. The predicted octanol–water partition coefficient (Wildman–Crippen LogP) is 1.95. The van der Waals surface area contributed by atoms with Crippen LogP contribution in [-0.2, 0) is 0 Å². The second-order valence-corrected chi connectivity index (χ2v) is 2.83. The van der Waals surface area contributed by atoms with E-state index in [9.17, 15) is 4.39 Å². The van der Waals surface area contributed by atoms with Crippen LogP contribution < -0.4 is 0 Å². The second-order valence-electron chi connectivity index (χ2n) is 2.83. The molecule has 1 aromatic carbocycles. The minimum Gasteiger partial charge on any atom is -0.505 e. The monoisotopic (exact) mass is 188 g/mol. The average molecular weight is 188 g/mol. The Bertz CT molecular complexity index is 546. The SMILES string of the molecule is N#Cc1cnc2cc(F)c(O)cc2c1. The van der Waals surface area contributed by atoms with Crippen LogP contribution >= 0.6 is 0 Å². The summed E-state index contributed by atoms with van der Waals surface area (Å²) in [5, 5.41) is 18.2. The lowest BCUT2D eigenvalue weighted by molar-refractivity contribution is 0.433. The summed E-state index contributed by atoms with van der Waals surface area (Å²) >= 11 is 0. The van der Waals surface area contributed by atoms with Crippen LogP contribution in [0.5, 0.6) is 5.75 Å². The van der Waals surface area contributed by atoms with E-state index in [1.54, 1.807) is 6.07 Å². The molecule has 0 saturated heterocycles. The summed E-state index contributed by atoms with van der Waals surface area (Å²) < 4.78 is 12.9. The van der Waals surface area contributed by atoms with Gasteiger partial charge in [-0.25, -0.2) is 4.39 Å². The van der Waals surface area contributed by atoms with Gasteiger partial charge in [-0.15, -0.1) is 0 Å². The normalized spacial score (nSPS) is 10.0. The number of phenols is 1. The first-order valence-corrected chi connectivity index (χ1v) is 3.89. The largest absolute Gasteiger partial charge is 0.505 e. The van der Waals surface area contributed by atoms with E-state index < -0.39 is 11.6 Å². The molecule has 0 radical (unpaired) electrons. The number of benzene rings is 1. The molecule has 0 saturated carbocycles. The molecule has 0 aliphatic carbocycles. The van der Waals surface area contributed by atoms with Crippen molar-refractivity contribution in [1.82, 2.24) is 4.98 Å². The third-order valence-corrected chi connectivity index (χ3v) is 1.88. The number of fused-ring (bicyclic) bond motifs is 1. The van der Waals surface area contributed by atoms with Crippen LogP contribution in [0.2, 0.25) is 0 Å². The molecule has 1 aromatic heterocycles. The topological polar surface area (TPSA) is 56.9 Å². The number of nitrogens with zero attached hydrogens (tertiary/aromatic N) is 2. The van der Waals surface area contributed by atoms with Gasteiger partial charge in [0.05, 0.1) is 11.1 Å². The van der Waals surface area contributed by atoms with Gasteiger partial charge in [-0.2, -0.15) is 5.26 Å². The Morgan fingerprint density at radius 1 is 1.36 bits per heavy atom. The molecule has 0 fully saturated rings. The highest BCUT2D eigenvalue weighted by Crippen LogP contribution is 2.22. The van der Waals surface area contributed by atoms with Crippen molar-refractivity contribution in [1.29, 1.82) is 5.26 Å². The van der Waals surface area contributed by atoms with Crippen LogP contribution in [0.4, 0.5) is 4.39 Å². The van der Waals surface area contributed by atoms with E-state index in [0.29, 0.717) is 16.5 Å². The third kappa shape index (κ3) is 1.25. The number of pyridine rings is 1.